The molecule has 24 heavy (non-hydrogen) atoms. The molecule has 0 unspecified atom stereocenters. The average molecular weight is 354 g/mol. The molecule has 7 heteroatoms. The molecule has 0 spiro atoms. The maximum Gasteiger partial charge on any atom is 0.234 e. The standard InChI is InChI=1S/C17H23N3O3.ClH/c1-2-5-18-17(21)12-20-8-6-19(7-9-20)11-14-3-4-15-16(10-14)23-13-22-15;/h2-4,10H,1,5-9,11-13H2,(H,18,21);1H. The Kier molecular flexibility index (Phi) is 6.90. The molecule has 2 aliphatic rings. The second-order valence-corrected chi connectivity index (χ2v) is 5.83. The number of hydrogen-bond donors (Lipinski definition) is 1. The smallest absolute Gasteiger partial charge is 0.234 e. The first kappa shape index (κ1) is 18.6. The number of hydrogen-bond acceptors (Lipinski definition) is 5. The topological polar surface area (TPSA) is 54.0 Å². The summed E-state index contributed by atoms with van der Waals surface area (Å²) in [5, 5.41) is 2.82. The summed E-state index contributed by atoms with van der Waals surface area (Å²) in [4.78, 5) is 16.3. The van der Waals surface area contributed by atoms with Crippen LogP contribution < -0.4 is 14.8 Å². The van der Waals surface area contributed by atoms with Crippen LogP contribution >= 0.6 is 12.4 Å². The minimum Gasteiger partial charge on any atom is -0.454 e. The third kappa shape index (κ3) is 4.87. The molecule has 0 radical (unpaired) electrons. The summed E-state index contributed by atoms with van der Waals surface area (Å²) in [5.41, 5.74) is 1.23. The van der Waals surface area contributed by atoms with Gasteiger partial charge in [0.2, 0.25) is 12.7 Å². The van der Waals surface area contributed by atoms with E-state index in [1.807, 2.05) is 6.07 Å². The monoisotopic (exact) mass is 353 g/mol. The lowest BCUT2D eigenvalue weighted by atomic mass is 10.1. The second-order valence-electron chi connectivity index (χ2n) is 5.83. The predicted octanol–water partition coefficient (Wildman–Crippen LogP) is 1.26. The molecule has 1 N–H and O–H groups in total. The van der Waals surface area contributed by atoms with Gasteiger partial charge in [0.15, 0.2) is 11.5 Å². The Labute approximate surface area is 148 Å². The summed E-state index contributed by atoms with van der Waals surface area (Å²) in [6.45, 7) is 9.54. The number of carbonyl (C=O) groups is 1. The molecule has 1 saturated heterocycles. The fourth-order valence-corrected chi connectivity index (χ4v) is 2.85. The van der Waals surface area contributed by atoms with E-state index in [-0.39, 0.29) is 18.3 Å². The van der Waals surface area contributed by atoms with Gasteiger partial charge in [0.25, 0.3) is 0 Å². The van der Waals surface area contributed by atoms with Crippen molar-refractivity contribution in [2.24, 2.45) is 0 Å². The minimum absolute atomic E-state index is 0. The van der Waals surface area contributed by atoms with Crippen LogP contribution in [0.5, 0.6) is 11.5 Å². The molecule has 0 bridgehead atoms. The number of rotatable bonds is 6. The molecule has 1 aromatic carbocycles. The molecule has 1 fully saturated rings. The number of carbonyl (C=O) groups excluding carboxylic acids is 1. The van der Waals surface area contributed by atoms with E-state index in [0.29, 0.717) is 19.9 Å². The predicted molar refractivity (Wildman–Crippen MR) is 94.7 cm³/mol. The third-order valence-electron chi connectivity index (χ3n) is 4.12. The molecular weight excluding hydrogens is 330 g/mol. The maximum absolute atomic E-state index is 11.7. The summed E-state index contributed by atoms with van der Waals surface area (Å²) >= 11 is 0. The van der Waals surface area contributed by atoms with Gasteiger partial charge in [-0.25, -0.2) is 0 Å². The van der Waals surface area contributed by atoms with Crippen molar-refractivity contribution in [2.75, 3.05) is 46.1 Å². The van der Waals surface area contributed by atoms with Gasteiger partial charge in [-0.15, -0.1) is 19.0 Å². The SMILES string of the molecule is C=CCNC(=O)CN1CCN(Cc2ccc3c(c2)OCO3)CC1.Cl. The van der Waals surface area contributed by atoms with E-state index in [0.717, 1.165) is 44.2 Å². The molecule has 1 amide bonds. The van der Waals surface area contributed by atoms with Crippen molar-refractivity contribution in [2.45, 2.75) is 6.54 Å². The third-order valence-corrected chi connectivity index (χ3v) is 4.12. The number of ether oxygens (including phenoxy) is 2. The Bertz CT molecular complexity index is 574. The Hall–Kier alpha value is -1.76. The molecular formula is C17H24ClN3O3. The lowest BCUT2D eigenvalue weighted by Crippen LogP contribution is -2.49. The van der Waals surface area contributed by atoms with E-state index < -0.39 is 0 Å². The first-order valence-corrected chi connectivity index (χ1v) is 7.95. The molecule has 2 aliphatic heterocycles. The largest absolute Gasteiger partial charge is 0.454 e. The molecule has 3 rings (SSSR count). The highest BCUT2D eigenvalue weighted by Crippen LogP contribution is 2.32. The Morgan fingerprint density at radius 2 is 1.88 bits per heavy atom. The van der Waals surface area contributed by atoms with Crippen molar-refractivity contribution < 1.29 is 14.3 Å². The number of piperazine rings is 1. The highest BCUT2D eigenvalue weighted by atomic mass is 35.5. The van der Waals surface area contributed by atoms with Crippen LogP contribution in [0.1, 0.15) is 5.56 Å². The van der Waals surface area contributed by atoms with E-state index in [9.17, 15) is 4.79 Å². The zero-order valence-electron chi connectivity index (χ0n) is 13.7. The number of benzene rings is 1. The van der Waals surface area contributed by atoms with Gasteiger partial charge >= 0.3 is 0 Å². The normalized spacial score (nSPS) is 17.2. The van der Waals surface area contributed by atoms with Crippen molar-refractivity contribution in [3.05, 3.63) is 36.4 Å². The lowest BCUT2D eigenvalue weighted by Gasteiger charge is -2.34. The van der Waals surface area contributed by atoms with Crippen LogP contribution in [-0.4, -0.2) is 61.8 Å². The van der Waals surface area contributed by atoms with Gasteiger partial charge in [-0.2, -0.15) is 0 Å². The molecule has 2 heterocycles. The van der Waals surface area contributed by atoms with E-state index in [1.54, 1.807) is 6.08 Å². The van der Waals surface area contributed by atoms with Crippen LogP contribution in [0.3, 0.4) is 0 Å². The van der Waals surface area contributed by atoms with E-state index in [1.165, 1.54) is 5.56 Å². The first-order valence-electron chi connectivity index (χ1n) is 7.95. The quantitative estimate of drug-likeness (QED) is 0.780. The number of nitrogens with zero attached hydrogens (tertiary/aromatic N) is 2. The van der Waals surface area contributed by atoms with Gasteiger partial charge in [0.1, 0.15) is 0 Å². The summed E-state index contributed by atoms with van der Waals surface area (Å²) in [7, 11) is 0. The summed E-state index contributed by atoms with van der Waals surface area (Å²) in [6, 6.07) is 6.11. The summed E-state index contributed by atoms with van der Waals surface area (Å²) in [6.07, 6.45) is 1.70. The number of nitrogens with one attached hydrogen (secondary N) is 1. The number of fused-ring (bicyclic) bond motifs is 1. The molecule has 0 aromatic heterocycles. The van der Waals surface area contributed by atoms with Crippen molar-refractivity contribution >= 4 is 18.3 Å². The molecule has 6 nitrogen and oxygen atoms in total. The summed E-state index contributed by atoms with van der Waals surface area (Å²) < 4.78 is 10.8. The fourth-order valence-electron chi connectivity index (χ4n) is 2.85. The maximum atomic E-state index is 11.7. The highest BCUT2D eigenvalue weighted by molar-refractivity contribution is 5.85. The Morgan fingerprint density at radius 3 is 2.62 bits per heavy atom. The Morgan fingerprint density at radius 1 is 1.17 bits per heavy atom. The van der Waals surface area contributed by atoms with Gasteiger partial charge in [-0.05, 0) is 17.7 Å². The van der Waals surface area contributed by atoms with E-state index in [4.69, 9.17) is 9.47 Å². The molecule has 0 saturated carbocycles. The van der Waals surface area contributed by atoms with E-state index >= 15 is 0 Å². The van der Waals surface area contributed by atoms with Gasteiger partial charge in [0.05, 0.1) is 6.54 Å². The van der Waals surface area contributed by atoms with Crippen LogP contribution in [0.4, 0.5) is 0 Å². The second kappa shape index (κ2) is 8.92. The van der Waals surface area contributed by atoms with Crippen molar-refractivity contribution in [1.82, 2.24) is 15.1 Å². The van der Waals surface area contributed by atoms with Crippen molar-refractivity contribution in [3.63, 3.8) is 0 Å². The van der Waals surface area contributed by atoms with Crippen LogP contribution in [0.15, 0.2) is 30.9 Å². The molecule has 132 valence electrons. The first-order chi connectivity index (χ1) is 11.2. The fraction of sp³-hybridized carbons (Fsp3) is 0.471. The van der Waals surface area contributed by atoms with E-state index in [2.05, 4.69) is 33.8 Å². The van der Waals surface area contributed by atoms with Crippen molar-refractivity contribution in [3.8, 4) is 11.5 Å². The van der Waals surface area contributed by atoms with Gasteiger partial charge in [-0.3, -0.25) is 14.6 Å². The number of halogens is 1. The zero-order valence-corrected chi connectivity index (χ0v) is 14.5. The van der Waals surface area contributed by atoms with Gasteiger partial charge in [0, 0.05) is 39.3 Å². The van der Waals surface area contributed by atoms with Gasteiger partial charge in [-0.1, -0.05) is 12.1 Å². The van der Waals surface area contributed by atoms with Crippen LogP contribution in [0.2, 0.25) is 0 Å². The van der Waals surface area contributed by atoms with Crippen LogP contribution in [-0.2, 0) is 11.3 Å². The minimum atomic E-state index is 0. The molecule has 1 aromatic rings. The lowest BCUT2D eigenvalue weighted by molar-refractivity contribution is -0.122. The van der Waals surface area contributed by atoms with Gasteiger partial charge < -0.3 is 14.8 Å². The Balaban J connectivity index is 0.00000208. The highest BCUT2D eigenvalue weighted by Gasteiger charge is 2.20. The summed E-state index contributed by atoms with van der Waals surface area (Å²) in [5.74, 6) is 1.72. The van der Waals surface area contributed by atoms with Crippen LogP contribution in [0, 0.1) is 0 Å². The average Bonchev–Trinajstić information content (AvgIpc) is 3.02. The van der Waals surface area contributed by atoms with Crippen molar-refractivity contribution in [1.29, 1.82) is 0 Å². The number of amides is 1. The molecule has 0 aliphatic carbocycles. The molecule has 0 atom stereocenters. The zero-order chi connectivity index (χ0) is 16.1. The van der Waals surface area contributed by atoms with Crippen LogP contribution in [0.25, 0.3) is 0 Å².